The predicted molar refractivity (Wildman–Crippen MR) is 87.6 cm³/mol. The molecule has 0 radical (unpaired) electrons. The summed E-state index contributed by atoms with van der Waals surface area (Å²) in [5.41, 5.74) is 2.79. The lowest BCUT2D eigenvalue weighted by Crippen LogP contribution is -2.15. The van der Waals surface area contributed by atoms with Crippen LogP contribution in [0.2, 0.25) is 0 Å². The fourth-order valence-electron chi connectivity index (χ4n) is 1.97. The largest absolute Gasteiger partial charge is 0.293 e. The van der Waals surface area contributed by atoms with E-state index in [2.05, 4.69) is 4.33 Å². The highest BCUT2D eigenvalue weighted by atomic mass is 32.2. The van der Waals surface area contributed by atoms with Gasteiger partial charge in [-0.25, -0.2) is 5.26 Å². The van der Waals surface area contributed by atoms with Crippen LogP contribution in [0.5, 0.6) is 0 Å². The molecule has 9 heteroatoms. The summed E-state index contributed by atoms with van der Waals surface area (Å²) in [5, 5.41) is 8.54. The Kier molecular flexibility index (Phi) is 4.80. The number of benzene rings is 2. The molecule has 108 valence electrons. The molecule has 2 aromatic rings. The monoisotopic (exact) mass is 322 g/mol. The van der Waals surface area contributed by atoms with E-state index in [0.29, 0.717) is 15.9 Å². The molecule has 0 aliphatic rings. The fraction of sp³-hybridized carbons (Fsp3) is 0. The normalized spacial score (nSPS) is 11.5. The van der Waals surface area contributed by atoms with Gasteiger partial charge in [0.1, 0.15) is 15.7 Å². The molecule has 0 saturated heterocycles. The molecule has 5 nitrogen and oxygen atoms in total. The van der Waals surface area contributed by atoms with Gasteiger partial charge in [0.2, 0.25) is 0 Å². The Labute approximate surface area is 129 Å². The van der Waals surface area contributed by atoms with E-state index in [-0.39, 0.29) is 4.90 Å². The van der Waals surface area contributed by atoms with Crippen molar-refractivity contribution in [2.24, 2.45) is 0 Å². The molecule has 2 aromatic carbocycles. The summed E-state index contributed by atoms with van der Waals surface area (Å²) in [6.07, 6.45) is 0. The molecule has 0 saturated carbocycles. The predicted octanol–water partition coefficient (Wildman–Crippen LogP) is -0.386. The van der Waals surface area contributed by atoms with Crippen molar-refractivity contribution in [2.75, 3.05) is 0 Å². The smallest absolute Gasteiger partial charge is 0.282 e. The highest BCUT2D eigenvalue weighted by molar-refractivity contribution is 7.94. The SMILES string of the molecule is Bc1ccc(-c2ccc(B)c(S(=O)(=O)O)c2)cc1SOO. The first-order valence-electron chi connectivity index (χ1n) is 6.00. The lowest BCUT2D eigenvalue weighted by molar-refractivity contribution is -0.116. The molecule has 0 fully saturated rings. The van der Waals surface area contributed by atoms with Gasteiger partial charge < -0.3 is 0 Å². The van der Waals surface area contributed by atoms with E-state index in [0.717, 1.165) is 23.1 Å². The van der Waals surface area contributed by atoms with Crippen LogP contribution in [0.1, 0.15) is 0 Å². The molecular weight excluding hydrogens is 310 g/mol. The lowest BCUT2D eigenvalue weighted by Gasteiger charge is -2.09. The Morgan fingerprint density at radius 3 is 2.14 bits per heavy atom. The van der Waals surface area contributed by atoms with E-state index in [1.165, 1.54) is 6.07 Å². The maximum Gasteiger partial charge on any atom is 0.293 e. The van der Waals surface area contributed by atoms with Crippen LogP contribution >= 0.6 is 12.0 Å². The highest BCUT2D eigenvalue weighted by Crippen LogP contribution is 2.25. The molecule has 0 aliphatic carbocycles. The van der Waals surface area contributed by atoms with Gasteiger partial charge in [0.15, 0.2) is 0 Å². The third-order valence-corrected chi connectivity index (χ3v) is 4.80. The van der Waals surface area contributed by atoms with Crippen molar-refractivity contribution in [2.45, 2.75) is 9.79 Å². The maximum absolute atomic E-state index is 11.4. The standard InChI is InChI=1S/C12H12B2O5S2/c13-9-3-1-7(5-11(9)20-19-15)8-2-4-10(14)12(6-8)21(16,17)18/h1-6,15H,13-14H2,(H,16,17,18). The Balaban J connectivity index is 2.55. The van der Waals surface area contributed by atoms with E-state index in [4.69, 9.17) is 5.26 Å². The second-order valence-corrected chi connectivity index (χ2v) is 6.74. The molecule has 21 heavy (non-hydrogen) atoms. The summed E-state index contributed by atoms with van der Waals surface area (Å²) in [7, 11) is -0.783. The molecule has 0 spiro atoms. The number of rotatable bonds is 4. The number of hydrogen-bond donors (Lipinski definition) is 2. The zero-order chi connectivity index (χ0) is 15.6. The molecule has 0 atom stereocenters. The molecule has 2 rings (SSSR count). The third-order valence-electron chi connectivity index (χ3n) is 3.11. The van der Waals surface area contributed by atoms with Crippen molar-refractivity contribution < 1.29 is 22.6 Å². The average Bonchev–Trinajstić information content (AvgIpc) is 2.41. The molecule has 0 heterocycles. The molecule has 0 aromatic heterocycles. The van der Waals surface area contributed by atoms with Crippen LogP contribution in [0.25, 0.3) is 11.1 Å². The quantitative estimate of drug-likeness (QED) is 0.262. The molecule has 2 N–H and O–H groups in total. The summed E-state index contributed by atoms with van der Waals surface area (Å²) in [6.45, 7) is 0. The Hall–Kier alpha value is -1.25. The van der Waals surface area contributed by atoms with Gasteiger partial charge in [-0.1, -0.05) is 35.2 Å². The average molecular weight is 322 g/mol. The van der Waals surface area contributed by atoms with Gasteiger partial charge in [-0.2, -0.15) is 12.8 Å². The van der Waals surface area contributed by atoms with Gasteiger partial charge in [0.25, 0.3) is 10.1 Å². The van der Waals surface area contributed by atoms with E-state index in [9.17, 15) is 13.0 Å². The van der Waals surface area contributed by atoms with Gasteiger partial charge in [0, 0.05) is 4.90 Å². The summed E-state index contributed by atoms with van der Waals surface area (Å²) >= 11 is 0.812. The molecule has 0 aliphatic heterocycles. The summed E-state index contributed by atoms with van der Waals surface area (Å²) in [5.74, 6) is 0. The highest BCUT2D eigenvalue weighted by Gasteiger charge is 2.14. The van der Waals surface area contributed by atoms with Crippen molar-refractivity contribution in [3.63, 3.8) is 0 Å². The van der Waals surface area contributed by atoms with Crippen LogP contribution in [0.4, 0.5) is 0 Å². The zero-order valence-corrected chi connectivity index (χ0v) is 13.0. The summed E-state index contributed by atoms with van der Waals surface area (Å²) < 4.78 is 36.0. The van der Waals surface area contributed by atoms with Gasteiger partial charge in [-0.3, -0.25) is 4.55 Å². The van der Waals surface area contributed by atoms with Crippen molar-refractivity contribution in [1.29, 1.82) is 0 Å². The maximum atomic E-state index is 11.4. The topological polar surface area (TPSA) is 83.8 Å². The van der Waals surface area contributed by atoms with E-state index < -0.39 is 10.1 Å². The van der Waals surface area contributed by atoms with Gasteiger partial charge in [-0.15, -0.1) is 0 Å². The van der Waals surface area contributed by atoms with Crippen molar-refractivity contribution in [3.8, 4) is 11.1 Å². The van der Waals surface area contributed by atoms with Crippen LogP contribution < -0.4 is 10.9 Å². The van der Waals surface area contributed by atoms with Crippen molar-refractivity contribution >= 4 is 48.8 Å². The van der Waals surface area contributed by atoms with Gasteiger partial charge in [0.05, 0.1) is 16.9 Å². The van der Waals surface area contributed by atoms with E-state index in [1.807, 2.05) is 20.0 Å². The van der Waals surface area contributed by atoms with Gasteiger partial charge >= 0.3 is 0 Å². The minimum atomic E-state index is -4.26. The van der Waals surface area contributed by atoms with E-state index >= 15 is 0 Å². The van der Waals surface area contributed by atoms with Crippen LogP contribution in [0, 0.1) is 0 Å². The van der Waals surface area contributed by atoms with Crippen LogP contribution in [-0.2, 0) is 14.5 Å². The fourth-order valence-corrected chi connectivity index (χ4v) is 3.17. The second kappa shape index (κ2) is 6.25. The molecule has 0 amide bonds. The number of hydrogen-bond acceptors (Lipinski definition) is 5. The molecule has 0 unspecified atom stereocenters. The Morgan fingerprint density at radius 1 is 1.00 bits per heavy atom. The van der Waals surface area contributed by atoms with Crippen molar-refractivity contribution in [1.82, 2.24) is 0 Å². The molecule has 0 bridgehead atoms. The Bertz CT molecular complexity index is 777. The minimum Gasteiger partial charge on any atom is -0.282 e. The summed E-state index contributed by atoms with van der Waals surface area (Å²) in [4.78, 5) is 0.595. The lowest BCUT2D eigenvalue weighted by atomic mass is 9.91. The van der Waals surface area contributed by atoms with Crippen LogP contribution in [0.15, 0.2) is 46.2 Å². The minimum absolute atomic E-state index is 0.117. The van der Waals surface area contributed by atoms with Crippen LogP contribution in [-0.4, -0.2) is 33.9 Å². The summed E-state index contributed by atoms with van der Waals surface area (Å²) in [6, 6.07) is 10.3. The second-order valence-electron chi connectivity index (χ2n) is 4.59. The Morgan fingerprint density at radius 2 is 1.57 bits per heavy atom. The first kappa shape index (κ1) is 16.1. The molecular formula is C12H12B2O5S2. The first-order valence-corrected chi connectivity index (χ1v) is 8.18. The van der Waals surface area contributed by atoms with Crippen LogP contribution in [0.3, 0.4) is 0 Å². The zero-order valence-electron chi connectivity index (χ0n) is 11.4. The third kappa shape index (κ3) is 3.69. The first-order chi connectivity index (χ1) is 9.82. The van der Waals surface area contributed by atoms with E-state index in [1.54, 1.807) is 26.0 Å². The van der Waals surface area contributed by atoms with Gasteiger partial charge in [-0.05, 0) is 23.3 Å². The van der Waals surface area contributed by atoms with Crippen molar-refractivity contribution in [3.05, 3.63) is 36.4 Å².